The van der Waals surface area contributed by atoms with Crippen molar-refractivity contribution in [1.82, 2.24) is 4.57 Å². The molecule has 21 heavy (non-hydrogen) atoms. The first-order valence-electron chi connectivity index (χ1n) is 7.02. The zero-order chi connectivity index (χ0) is 15.2. The minimum atomic E-state index is -0.401. The molecule has 110 valence electrons. The van der Waals surface area contributed by atoms with Gasteiger partial charge in [-0.15, -0.1) is 0 Å². The molecule has 2 aromatic rings. The molecule has 0 saturated carbocycles. The molecule has 0 aliphatic rings. The number of Topliss-reactive ketones (excluding diaryl/α,β-unsaturated/α-hetero) is 1. The van der Waals surface area contributed by atoms with Crippen molar-refractivity contribution in [1.29, 1.82) is 0 Å². The average molecular weight is 286 g/mol. The van der Waals surface area contributed by atoms with E-state index in [0.29, 0.717) is 6.42 Å². The van der Waals surface area contributed by atoms with E-state index in [9.17, 15) is 14.9 Å². The second-order valence-electron chi connectivity index (χ2n) is 4.98. The van der Waals surface area contributed by atoms with E-state index in [4.69, 9.17) is 0 Å². The first-order valence-corrected chi connectivity index (χ1v) is 7.02. The fourth-order valence-corrected chi connectivity index (χ4v) is 2.16. The van der Waals surface area contributed by atoms with Crippen LogP contribution in [0.2, 0.25) is 0 Å². The number of hydrogen-bond donors (Lipinski definition) is 0. The van der Waals surface area contributed by atoms with Crippen LogP contribution >= 0.6 is 0 Å². The molecule has 5 nitrogen and oxygen atoms in total. The van der Waals surface area contributed by atoms with Gasteiger partial charge in [-0.05, 0) is 24.5 Å². The predicted molar refractivity (Wildman–Crippen MR) is 80.5 cm³/mol. The van der Waals surface area contributed by atoms with Crippen LogP contribution in [-0.2, 0) is 13.0 Å². The van der Waals surface area contributed by atoms with Crippen LogP contribution in [0.15, 0.2) is 42.7 Å². The van der Waals surface area contributed by atoms with Crippen LogP contribution in [-0.4, -0.2) is 15.3 Å². The van der Waals surface area contributed by atoms with Gasteiger partial charge in [0.05, 0.1) is 4.92 Å². The Balaban J connectivity index is 1.94. The number of carbonyl (C=O) groups is 1. The van der Waals surface area contributed by atoms with Gasteiger partial charge in [0, 0.05) is 43.1 Å². The third kappa shape index (κ3) is 4.02. The number of rotatable bonds is 7. The SMILES string of the molecule is CCCC(=O)c1ccn(CCc2ccc([N+](=O)[O-])cc2)c1. The van der Waals surface area contributed by atoms with Crippen LogP contribution in [0, 0.1) is 10.1 Å². The molecule has 0 atom stereocenters. The van der Waals surface area contributed by atoms with Crippen LogP contribution in [0.1, 0.15) is 35.7 Å². The number of aromatic nitrogens is 1. The van der Waals surface area contributed by atoms with E-state index in [1.165, 1.54) is 12.1 Å². The zero-order valence-electron chi connectivity index (χ0n) is 12.0. The molecule has 0 aliphatic heterocycles. The van der Waals surface area contributed by atoms with Gasteiger partial charge in [0.15, 0.2) is 5.78 Å². The quantitative estimate of drug-likeness (QED) is 0.443. The maximum absolute atomic E-state index is 11.8. The summed E-state index contributed by atoms with van der Waals surface area (Å²) < 4.78 is 1.98. The predicted octanol–water partition coefficient (Wildman–Crippen LogP) is 3.62. The van der Waals surface area contributed by atoms with Crippen molar-refractivity contribution in [2.75, 3.05) is 0 Å². The second-order valence-corrected chi connectivity index (χ2v) is 4.98. The summed E-state index contributed by atoms with van der Waals surface area (Å²) in [4.78, 5) is 21.9. The maximum atomic E-state index is 11.8. The summed E-state index contributed by atoms with van der Waals surface area (Å²) in [6.07, 6.45) is 5.96. The minimum absolute atomic E-state index is 0.104. The molecule has 0 fully saturated rings. The van der Waals surface area contributed by atoms with Gasteiger partial charge in [0.2, 0.25) is 0 Å². The summed E-state index contributed by atoms with van der Waals surface area (Å²) in [7, 11) is 0. The van der Waals surface area contributed by atoms with Crippen molar-refractivity contribution < 1.29 is 9.72 Å². The fraction of sp³-hybridized carbons (Fsp3) is 0.312. The third-order valence-corrected chi connectivity index (χ3v) is 3.36. The molecule has 1 heterocycles. The lowest BCUT2D eigenvalue weighted by atomic mass is 10.1. The number of nitrogens with zero attached hydrogens (tertiary/aromatic N) is 2. The molecule has 0 radical (unpaired) electrons. The van der Waals surface area contributed by atoms with E-state index in [2.05, 4.69) is 0 Å². The minimum Gasteiger partial charge on any atom is -0.353 e. The molecular weight excluding hydrogens is 268 g/mol. The Morgan fingerprint density at radius 3 is 2.57 bits per heavy atom. The number of carbonyl (C=O) groups excluding carboxylic acids is 1. The Bertz CT molecular complexity index is 629. The highest BCUT2D eigenvalue weighted by atomic mass is 16.6. The molecule has 0 bridgehead atoms. The molecule has 2 rings (SSSR count). The van der Waals surface area contributed by atoms with Gasteiger partial charge in [-0.25, -0.2) is 0 Å². The maximum Gasteiger partial charge on any atom is 0.269 e. The summed E-state index contributed by atoms with van der Waals surface area (Å²) in [6, 6.07) is 8.41. The lowest BCUT2D eigenvalue weighted by molar-refractivity contribution is -0.384. The van der Waals surface area contributed by atoms with Gasteiger partial charge in [-0.1, -0.05) is 19.1 Å². The van der Waals surface area contributed by atoms with Crippen LogP contribution in [0.5, 0.6) is 0 Å². The Kier molecular flexibility index (Phi) is 4.87. The Morgan fingerprint density at radius 1 is 1.24 bits per heavy atom. The van der Waals surface area contributed by atoms with Crippen LogP contribution in [0.25, 0.3) is 0 Å². The van der Waals surface area contributed by atoms with Crippen molar-refractivity contribution in [2.24, 2.45) is 0 Å². The topological polar surface area (TPSA) is 65.1 Å². The number of hydrogen-bond acceptors (Lipinski definition) is 3. The van der Waals surface area contributed by atoms with Crippen molar-refractivity contribution in [3.05, 3.63) is 64.0 Å². The van der Waals surface area contributed by atoms with Gasteiger partial charge >= 0.3 is 0 Å². The molecule has 0 spiro atoms. The number of non-ortho nitro benzene ring substituents is 1. The Hall–Kier alpha value is -2.43. The first kappa shape index (κ1) is 15.0. The van der Waals surface area contributed by atoms with E-state index in [1.807, 2.05) is 30.0 Å². The lowest BCUT2D eigenvalue weighted by Crippen LogP contribution is -2.00. The van der Waals surface area contributed by atoms with Crippen LogP contribution in [0.4, 0.5) is 5.69 Å². The van der Waals surface area contributed by atoms with Crippen molar-refractivity contribution >= 4 is 11.5 Å². The Morgan fingerprint density at radius 2 is 1.95 bits per heavy atom. The molecule has 0 unspecified atom stereocenters. The number of benzene rings is 1. The molecule has 0 amide bonds. The molecule has 1 aromatic heterocycles. The number of nitro groups is 1. The number of ketones is 1. The standard InChI is InChI=1S/C16H18N2O3/c1-2-3-16(19)14-9-11-17(12-14)10-8-13-4-6-15(7-5-13)18(20)21/h4-7,9,11-12H,2-3,8,10H2,1H3. The average Bonchev–Trinajstić information content (AvgIpc) is 2.95. The van der Waals surface area contributed by atoms with Crippen molar-refractivity contribution in [3.63, 3.8) is 0 Å². The third-order valence-electron chi connectivity index (χ3n) is 3.36. The molecule has 0 N–H and O–H groups in total. The highest BCUT2D eigenvalue weighted by molar-refractivity contribution is 5.95. The van der Waals surface area contributed by atoms with Gasteiger partial charge in [0.25, 0.3) is 5.69 Å². The summed E-state index contributed by atoms with van der Waals surface area (Å²) >= 11 is 0. The number of nitro benzene ring substituents is 1. The summed E-state index contributed by atoms with van der Waals surface area (Å²) in [5, 5.41) is 10.6. The van der Waals surface area contributed by atoms with Crippen molar-refractivity contribution in [2.45, 2.75) is 32.7 Å². The van der Waals surface area contributed by atoms with Crippen LogP contribution in [0.3, 0.4) is 0 Å². The largest absolute Gasteiger partial charge is 0.353 e. The summed E-state index contributed by atoms with van der Waals surface area (Å²) in [5.74, 6) is 0.173. The summed E-state index contributed by atoms with van der Waals surface area (Å²) in [6.45, 7) is 2.74. The van der Waals surface area contributed by atoms with E-state index < -0.39 is 4.92 Å². The van der Waals surface area contributed by atoms with Gasteiger partial charge in [0.1, 0.15) is 0 Å². The van der Waals surface area contributed by atoms with Gasteiger partial charge in [-0.2, -0.15) is 0 Å². The van der Waals surface area contributed by atoms with E-state index in [0.717, 1.165) is 30.5 Å². The molecule has 1 aromatic carbocycles. The van der Waals surface area contributed by atoms with E-state index >= 15 is 0 Å². The van der Waals surface area contributed by atoms with Gasteiger partial charge in [-0.3, -0.25) is 14.9 Å². The van der Waals surface area contributed by atoms with Gasteiger partial charge < -0.3 is 4.57 Å². The highest BCUT2D eigenvalue weighted by Gasteiger charge is 2.07. The van der Waals surface area contributed by atoms with E-state index in [1.54, 1.807) is 12.1 Å². The monoisotopic (exact) mass is 286 g/mol. The molecular formula is C16H18N2O3. The first-order chi connectivity index (χ1) is 10.1. The summed E-state index contributed by atoms with van der Waals surface area (Å²) in [5.41, 5.74) is 1.89. The highest BCUT2D eigenvalue weighted by Crippen LogP contribution is 2.13. The molecule has 0 aliphatic carbocycles. The van der Waals surface area contributed by atoms with Crippen molar-refractivity contribution in [3.8, 4) is 0 Å². The fourth-order valence-electron chi connectivity index (χ4n) is 2.16. The number of aryl methyl sites for hydroxylation is 2. The normalized spacial score (nSPS) is 10.5. The molecule has 5 heteroatoms. The molecule has 0 saturated heterocycles. The second kappa shape index (κ2) is 6.83. The van der Waals surface area contributed by atoms with E-state index in [-0.39, 0.29) is 11.5 Å². The Labute approximate surface area is 123 Å². The zero-order valence-corrected chi connectivity index (χ0v) is 12.0. The smallest absolute Gasteiger partial charge is 0.269 e. The lowest BCUT2D eigenvalue weighted by Gasteiger charge is -2.03. The van der Waals surface area contributed by atoms with Crippen LogP contribution < -0.4 is 0 Å².